The summed E-state index contributed by atoms with van der Waals surface area (Å²) < 4.78 is 5.66. The number of ether oxygens (including phenoxy) is 1. The molecule has 4 nitrogen and oxygen atoms in total. The van der Waals surface area contributed by atoms with Crippen LogP contribution in [0.3, 0.4) is 0 Å². The normalized spacial score (nSPS) is 10.7. The second-order valence-corrected chi connectivity index (χ2v) is 5.71. The van der Waals surface area contributed by atoms with Gasteiger partial charge in [0.25, 0.3) is 0 Å². The first-order valence-electron chi connectivity index (χ1n) is 4.96. The number of hydrogen-bond donors (Lipinski definition) is 1. The lowest BCUT2D eigenvalue weighted by Crippen LogP contribution is -2.03. The van der Waals surface area contributed by atoms with E-state index in [0.29, 0.717) is 5.69 Å². The van der Waals surface area contributed by atoms with Gasteiger partial charge >= 0.3 is 5.97 Å². The van der Waals surface area contributed by atoms with Crippen LogP contribution in [0.25, 0.3) is 10.2 Å². The molecule has 0 atom stereocenters. The fourth-order valence-electron chi connectivity index (χ4n) is 1.41. The molecule has 0 fully saturated rings. The minimum Gasteiger partial charge on any atom is -0.468 e. The van der Waals surface area contributed by atoms with Crippen LogP contribution in [-0.4, -0.2) is 23.8 Å². The van der Waals surface area contributed by atoms with Crippen LogP contribution in [0.4, 0.5) is 5.69 Å². The van der Waals surface area contributed by atoms with Crippen molar-refractivity contribution in [3.8, 4) is 0 Å². The molecule has 2 rings (SSSR count). The van der Waals surface area contributed by atoms with Crippen LogP contribution in [0, 0.1) is 6.92 Å². The molecule has 2 N–H and O–H groups in total. The molecule has 0 aliphatic carbocycles. The van der Waals surface area contributed by atoms with Crippen LogP contribution >= 0.6 is 23.1 Å². The van der Waals surface area contributed by atoms with Crippen molar-refractivity contribution >= 4 is 45.0 Å². The minimum atomic E-state index is -0.260. The highest BCUT2D eigenvalue weighted by Crippen LogP contribution is 2.32. The fraction of sp³-hybridized carbons (Fsp3) is 0.273. The number of esters is 1. The average molecular weight is 268 g/mol. The highest BCUT2D eigenvalue weighted by molar-refractivity contribution is 8.00. The summed E-state index contributed by atoms with van der Waals surface area (Å²) in [6, 6.07) is 3.82. The van der Waals surface area contributed by atoms with Crippen molar-refractivity contribution in [2.75, 3.05) is 18.6 Å². The van der Waals surface area contributed by atoms with E-state index in [4.69, 9.17) is 5.73 Å². The van der Waals surface area contributed by atoms with Crippen molar-refractivity contribution in [3.63, 3.8) is 0 Å². The van der Waals surface area contributed by atoms with Crippen molar-refractivity contribution in [1.82, 2.24) is 4.98 Å². The van der Waals surface area contributed by atoms with Crippen LogP contribution < -0.4 is 5.73 Å². The zero-order chi connectivity index (χ0) is 12.4. The first-order chi connectivity index (χ1) is 8.10. The van der Waals surface area contributed by atoms with E-state index in [9.17, 15) is 4.79 Å². The van der Waals surface area contributed by atoms with Gasteiger partial charge in [-0.1, -0.05) is 0 Å². The Morgan fingerprint density at radius 3 is 3.06 bits per heavy atom. The molecule has 1 aromatic heterocycles. The summed E-state index contributed by atoms with van der Waals surface area (Å²) >= 11 is 2.98. The highest BCUT2D eigenvalue weighted by atomic mass is 32.2. The maximum atomic E-state index is 11.1. The molecule has 0 bridgehead atoms. The summed E-state index contributed by atoms with van der Waals surface area (Å²) in [7, 11) is 1.37. The first kappa shape index (κ1) is 12.2. The number of thiazole rings is 1. The number of nitrogen functional groups attached to an aromatic ring is 1. The van der Waals surface area contributed by atoms with Gasteiger partial charge in [-0.3, -0.25) is 4.79 Å². The molecular formula is C11H12N2O2S2. The number of fused-ring (bicyclic) bond motifs is 1. The zero-order valence-electron chi connectivity index (χ0n) is 9.52. The van der Waals surface area contributed by atoms with Crippen LogP contribution in [-0.2, 0) is 9.53 Å². The third kappa shape index (κ3) is 2.70. The Balaban J connectivity index is 2.27. The fourth-order valence-corrected chi connectivity index (χ4v) is 3.08. The van der Waals surface area contributed by atoms with Crippen molar-refractivity contribution < 1.29 is 9.53 Å². The maximum absolute atomic E-state index is 11.1. The molecule has 2 aromatic rings. The molecule has 0 aliphatic heterocycles. The van der Waals surface area contributed by atoms with Crippen LogP contribution in [0.2, 0.25) is 0 Å². The molecule has 0 saturated carbocycles. The van der Waals surface area contributed by atoms with Gasteiger partial charge in [0.1, 0.15) is 0 Å². The van der Waals surface area contributed by atoms with E-state index in [0.717, 1.165) is 20.1 Å². The lowest BCUT2D eigenvalue weighted by atomic mass is 10.3. The number of nitrogens with two attached hydrogens (primary N) is 1. The van der Waals surface area contributed by atoms with E-state index in [-0.39, 0.29) is 11.7 Å². The van der Waals surface area contributed by atoms with Gasteiger partial charge in [0, 0.05) is 10.6 Å². The molecule has 0 unspecified atom stereocenters. The standard InChI is InChI=1S/C11H12N2O2S2/c1-6-13-8-4-9(16-5-11(14)15-2)7(12)3-10(8)17-6/h3-4H,5,12H2,1-2H3. The number of thioether (sulfide) groups is 1. The topological polar surface area (TPSA) is 65.2 Å². The Labute approximate surface area is 107 Å². The number of aromatic nitrogens is 1. The van der Waals surface area contributed by atoms with Crippen LogP contribution in [0.15, 0.2) is 17.0 Å². The average Bonchev–Trinajstić information content (AvgIpc) is 2.64. The predicted octanol–water partition coefficient (Wildman–Crippen LogP) is 2.45. The van der Waals surface area contributed by atoms with E-state index < -0.39 is 0 Å². The number of carbonyl (C=O) groups is 1. The number of rotatable bonds is 3. The molecule has 90 valence electrons. The second kappa shape index (κ2) is 4.93. The van der Waals surface area contributed by atoms with E-state index in [1.54, 1.807) is 11.3 Å². The van der Waals surface area contributed by atoms with Crippen molar-refractivity contribution in [3.05, 3.63) is 17.1 Å². The summed E-state index contributed by atoms with van der Waals surface area (Å²) in [5.41, 5.74) is 7.53. The number of nitrogens with zero attached hydrogens (tertiary/aromatic N) is 1. The highest BCUT2D eigenvalue weighted by Gasteiger charge is 2.09. The molecule has 1 aromatic carbocycles. The number of methoxy groups -OCH3 is 1. The van der Waals surface area contributed by atoms with Gasteiger partial charge in [0.15, 0.2) is 0 Å². The molecule has 0 aliphatic rings. The number of aryl methyl sites for hydroxylation is 1. The van der Waals surface area contributed by atoms with Gasteiger partial charge in [-0.25, -0.2) is 4.98 Å². The first-order valence-corrected chi connectivity index (χ1v) is 6.76. The van der Waals surface area contributed by atoms with Gasteiger partial charge in [-0.05, 0) is 19.1 Å². The summed E-state index contributed by atoms with van der Waals surface area (Å²) in [4.78, 5) is 16.3. The molecule has 1 heterocycles. The number of hydrogen-bond acceptors (Lipinski definition) is 6. The van der Waals surface area contributed by atoms with Gasteiger partial charge in [-0.2, -0.15) is 0 Å². The van der Waals surface area contributed by atoms with Crippen molar-refractivity contribution in [2.24, 2.45) is 0 Å². The Bertz CT molecular complexity index is 566. The van der Waals surface area contributed by atoms with Crippen molar-refractivity contribution in [1.29, 1.82) is 0 Å². The van der Waals surface area contributed by atoms with Gasteiger partial charge in [0.05, 0.1) is 28.1 Å². The summed E-state index contributed by atoms with van der Waals surface area (Å²) in [6.07, 6.45) is 0. The van der Waals surface area contributed by atoms with Crippen LogP contribution in [0.1, 0.15) is 5.01 Å². The van der Waals surface area contributed by atoms with E-state index in [1.165, 1.54) is 18.9 Å². The van der Waals surface area contributed by atoms with Gasteiger partial charge in [0.2, 0.25) is 0 Å². The quantitative estimate of drug-likeness (QED) is 0.526. The van der Waals surface area contributed by atoms with E-state index in [2.05, 4.69) is 9.72 Å². The number of anilines is 1. The zero-order valence-corrected chi connectivity index (χ0v) is 11.2. The summed E-state index contributed by atoms with van der Waals surface area (Å²) in [5.74, 6) is -0.000975. The molecule has 0 saturated heterocycles. The van der Waals surface area contributed by atoms with Gasteiger partial charge in [-0.15, -0.1) is 23.1 Å². The number of carbonyl (C=O) groups excluding carboxylic acids is 1. The molecule has 0 spiro atoms. The Morgan fingerprint density at radius 1 is 1.59 bits per heavy atom. The SMILES string of the molecule is COC(=O)CSc1cc2nc(C)sc2cc1N. The van der Waals surface area contributed by atoms with Crippen LogP contribution in [0.5, 0.6) is 0 Å². The maximum Gasteiger partial charge on any atom is 0.315 e. The molecular weight excluding hydrogens is 256 g/mol. The summed E-state index contributed by atoms with van der Waals surface area (Å²) in [6.45, 7) is 1.96. The second-order valence-electron chi connectivity index (χ2n) is 3.46. The lowest BCUT2D eigenvalue weighted by molar-refractivity contribution is -0.137. The lowest BCUT2D eigenvalue weighted by Gasteiger charge is -2.04. The molecule has 6 heteroatoms. The monoisotopic (exact) mass is 268 g/mol. The summed E-state index contributed by atoms with van der Waals surface area (Å²) in [5, 5.41) is 1.01. The van der Waals surface area contributed by atoms with Crippen molar-refractivity contribution in [2.45, 2.75) is 11.8 Å². The number of benzene rings is 1. The smallest absolute Gasteiger partial charge is 0.315 e. The van der Waals surface area contributed by atoms with E-state index in [1.807, 2.05) is 19.1 Å². The predicted molar refractivity (Wildman–Crippen MR) is 71.5 cm³/mol. The minimum absolute atomic E-state index is 0.259. The Morgan fingerprint density at radius 2 is 2.35 bits per heavy atom. The molecule has 17 heavy (non-hydrogen) atoms. The third-order valence-corrected chi connectivity index (χ3v) is 4.18. The molecule has 0 amide bonds. The van der Waals surface area contributed by atoms with E-state index >= 15 is 0 Å². The Kier molecular flexibility index (Phi) is 3.54. The van der Waals surface area contributed by atoms with Gasteiger partial charge < -0.3 is 10.5 Å². The third-order valence-electron chi connectivity index (χ3n) is 2.20. The largest absolute Gasteiger partial charge is 0.468 e. The Hall–Kier alpha value is -1.27. The molecule has 0 radical (unpaired) electrons.